The molecule has 0 fully saturated rings. The second-order valence-electron chi connectivity index (χ2n) is 0.454. The quantitative estimate of drug-likeness (QED) is 0.459. The minimum absolute atomic E-state index is 1.89. The molecule has 0 aromatic rings. The Hall–Kier alpha value is -0.330. The Bertz CT molecular complexity index is 209. The minimum atomic E-state index is -3.32. The van der Waals surface area contributed by atoms with Gasteiger partial charge in [0, 0.05) is 17.3 Å². The van der Waals surface area contributed by atoms with Gasteiger partial charge in [-0.1, -0.05) is 6.85 Å². The zero-order valence-corrected chi connectivity index (χ0v) is 2.41. The molecule has 0 aromatic carbocycles. The van der Waals surface area contributed by atoms with E-state index in [0.717, 1.165) is 0 Å². The molecule has 0 saturated heterocycles. The van der Waals surface area contributed by atoms with Gasteiger partial charge in [-0.15, -0.1) is 0 Å². The monoisotopic (exact) mass is 80.1 g/mol. The average molecular weight is 80.2 g/mol. The SMILES string of the molecule is [2H]C([2H])([2H])C(=O)C([2H])([2H])C([2H])([2H])[2H]. The third kappa shape index (κ3) is 3.67. The molecule has 0 aliphatic heterocycles. The van der Waals surface area contributed by atoms with Crippen LogP contribution in [0.15, 0.2) is 0 Å². The van der Waals surface area contributed by atoms with Gasteiger partial charge in [0.05, 0.1) is 0 Å². The summed E-state index contributed by atoms with van der Waals surface area (Å²) in [5.74, 6) is -1.89. The lowest BCUT2D eigenvalue weighted by Gasteiger charge is -1.71. The van der Waals surface area contributed by atoms with Crippen molar-refractivity contribution in [3.05, 3.63) is 0 Å². The van der Waals surface area contributed by atoms with Gasteiger partial charge in [-0.25, -0.2) is 0 Å². The highest BCUT2D eigenvalue weighted by atomic mass is 16.1. The zero-order chi connectivity index (χ0) is 11.1. The molecule has 1 heteroatoms. The van der Waals surface area contributed by atoms with Gasteiger partial charge < -0.3 is 4.79 Å². The molecule has 0 rings (SSSR count). The van der Waals surface area contributed by atoms with Crippen LogP contribution in [0.1, 0.15) is 31.0 Å². The number of rotatable bonds is 1. The third-order valence-electron chi connectivity index (χ3n) is 0.114. The maximum atomic E-state index is 10.8. The van der Waals surface area contributed by atoms with Gasteiger partial charge in [0.15, 0.2) is 0 Å². The lowest BCUT2D eigenvalue weighted by Crippen LogP contribution is -1.80. The maximum absolute atomic E-state index is 10.8. The topological polar surface area (TPSA) is 17.1 Å². The molecule has 0 amide bonds. The molecule has 0 heterocycles. The summed E-state index contributed by atoms with van der Waals surface area (Å²) < 4.78 is 53.3. The number of hydrogen-bond acceptors (Lipinski definition) is 1. The molecule has 0 atom stereocenters. The lowest BCUT2D eigenvalue weighted by atomic mass is 10.4. The Morgan fingerprint density at radius 2 is 3.20 bits per heavy atom. The smallest absolute Gasteiger partial charge is 0.129 e. The first kappa shape index (κ1) is 0.462. The molecule has 30 valence electrons. The summed E-state index contributed by atoms with van der Waals surface area (Å²) in [7, 11) is 0. The number of hydrogen-bond donors (Lipinski definition) is 0. The van der Waals surface area contributed by atoms with Crippen LogP contribution in [0.3, 0.4) is 0 Å². The van der Waals surface area contributed by atoms with E-state index in [1.807, 2.05) is 0 Å². The molecule has 0 aliphatic carbocycles. The van der Waals surface area contributed by atoms with Crippen LogP contribution in [0.4, 0.5) is 0 Å². The molecule has 0 spiro atoms. The molecule has 0 bridgehead atoms. The van der Waals surface area contributed by atoms with Crippen LogP contribution in [-0.2, 0) is 4.79 Å². The van der Waals surface area contributed by atoms with Crippen LogP contribution in [0.5, 0.6) is 0 Å². The van der Waals surface area contributed by atoms with Gasteiger partial charge in [-0.05, 0) is 6.85 Å². The van der Waals surface area contributed by atoms with Crippen LogP contribution in [0.2, 0.25) is 0 Å². The summed E-state index contributed by atoms with van der Waals surface area (Å²) in [5.41, 5.74) is 0. The first-order valence-electron chi connectivity index (χ1n) is 4.95. The van der Waals surface area contributed by atoms with Gasteiger partial charge in [0.2, 0.25) is 0 Å². The van der Waals surface area contributed by atoms with Crippen LogP contribution < -0.4 is 0 Å². The third-order valence-corrected chi connectivity index (χ3v) is 0.114. The van der Waals surface area contributed by atoms with Gasteiger partial charge in [-0.2, -0.15) is 0 Å². The Labute approximate surface area is 43.2 Å². The average Bonchev–Trinajstić information content (AvgIpc) is 1.81. The summed E-state index contributed by atoms with van der Waals surface area (Å²) in [6, 6.07) is 0. The van der Waals surface area contributed by atoms with E-state index in [1.165, 1.54) is 0 Å². The number of carbonyl (C=O) groups excluding carboxylic acids is 1. The summed E-state index contributed by atoms with van der Waals surface area (Å²) in [6.07, 6.45) is -3.32. The van der Waals surface area contributed by atoms with Crippen molar-refractivity contribution in [1.29, 1.82) is 0 Å². The first-order chi connectivity index (χ1) is 5.40. The van der Waals surface area contributed by atoms with E-state index in [4.69, 9.17) is 11.0 Å². The molecule has 0 unspecified atom stereocenters. The van der Waals surface area contributed by atoms with Crippen LogP contribution in [0.25, 0.3) is 0 Å². The van der Waals surface area contributed by atoms with E-state index >= 15 is 0 Å². The highest BCUT2D eigenvalue weighted by Crippen LogP contribution is 1.71. The fraction of sp³-hybridized carbons (Fsp3) is 0.750. The number of ketones is 1. The Balaban J connectivity index is 4.98. The normalized spacial score (nSPS) is 39.2. The Morgan fingerprint density at radius 1 is 2.40 bits per heavy atom. The van der Waals surface area contributed by atoms with E-state index < -0.39 is 25.9 Å². The highest BCUT2D eigenvalue weighted by molar-refractivity contribution is 5.74. The van der Waals surface area contributed by atoms with E-state index in [2.05, 4.69) is 0 Å². The lowest BCUT2D eigenvalue weighted by molar-refractivity contribution is -0.116. The van der Waals surface area contributed by atoms with Gasteiger partial charge in [0.25, 0.3) is 0 Å². The van der Waals surface area contributed by atoms with Crippen molar-refractivity contribution < 1.29 is 15.8 Å². The molecule has 0 saturated carbocycles. The Kier molecular flexibility index (Phi) is 0.179. The second kappa shape index (κ2) is 1.94. The van der Waals surface area contributed by atoms with Crippen molar-refractivity contribution in [2.75, 3.05) is 0 Å². The van der Waals surface area contributed by atoms with E-state index in [9.17, 15) is 4.79 Å². The summed E-state index contributed by atoms with van der Waals surface area (Å²) >= 11 is 0. The molecule has 0 aromatic heterocycles. The molecule has 1 nitrogen and oxygen atoms in total. The largest absolute Gasteiger partial charge is 0.300 e. The zero-order valence-electron chi connectivity index (χ0n) is 10.4. The molecular formula is C4H8O. The van der Waals surface area contributed by atoms with Crippen molar-refractivity contribution in [2.24, 2.45) is 0 Å². The van der Waals surface area contributed by atoms with Gasteiger partial charge in [-0.3, -0.25) is 0 Å². The molecule has 0 radical (unpaired) electrons. The van der Waals surface area contributed by atoms with Crippen molar-refractivity contribution in [2.45, 2.75) is 20.1 Å². The van der Waals surface area contributed by atoms with Gasteiger partial charge >= 0.3 is 0 Å². The molecular weight excluding hydrogens is 64.0 g/mol. The van der Waals surface area contributed by atoms with E-state index in [-0.39, 0.29) is 0 Å². The Morgan fingerprint density at radius 3 is 3.40 bits per heavy atom. The molecule has 5 heavy (non-hydrogen) atoms. The predicted molar refractivity (Wildman–Crippen MR) is 21.0 cm³/mol. The van der Waals surface area contributed by atoms with E-state index in [1.54, 1.807) is 0 Å². The molecule has 0 N–H and O–H groups in total. The van der Waals surface area contributed by atoms with Crippen LogP contribution in [-0.4, -0.2) is 5.78 Å². The van der Waals surface area contributed by atoms with Gasteiger partial charge in [0.1, 0.15) is 5.78 Å². The second-order valence-corrected chi connectivity index (χ2v) is 0.454. The van der Waals surface area contributed by atoms with Crippen LogP contribution in [0, 0.1) is 0 Å². The maximum Gasteiger partial charge on any atom is 0.129 e. The summed E-state index contributed by atoms with van der Waals surface area (Å²) in [6.45, 7) is -6.48. The van der Waals surface area contributed by atoms with Crippen molar-refractivity contribution in [1.82, 2.24) is 0 Å². The minimum Gasteiger partial charge on any atom is -0.300 e. The summed E-state index contributed by atoms with van der Waals surface area (Å²) in [4.78, 5) is 10.8. The fourth-order valence-corrected chi connectivity index (χ4v) is 0. The van der Waals surface area contributed by atoms with Crippen LogP contribution >= 0.6 is 0 Å². The standard InChI is InChI=1S/C4H8O/c1-3-4(2)5/h3H2,1-2H3/i1D3,2D3,3D2. The summed E-state index contributed by atoms with van der Waals surface area (Å²) in [5, 5.41) is 0. The predicted octanol–water partition coefficient (Wildman–Crippen LogP) is 0.985. The molecule has 0 aliphatic rings. The van der Waals surface area contributed by atoms with E-state index in [0.29, 0.717) is 0 Å². The first-order valence-corrected chi connectivity index (χ1v) is 0.954. The number of carbonyl (C=O) groups is 1. The highest BCUT2D eigenvalue weighted by Gasteiger charge is 1.76. The van der Waals surface area contributed by atoms with Crippen molar-refractivity contribution in [3.63, 3.8) is 0 Å². The number of Topliss-reactive ketones (excluding diaryl/α,β-unsaturated/α-hetero) is 1. The van der Waals surface area contributed by atoms with Crippen molar-refractivity contribution in [3.8, 4) is 0 Å². The fourth-order valence-electron chi connectivity index (χ4n) is 0. The van der Waals surface area contributed by atoms with Crippen molar-refractivity contribution >= 4 is 5.78 Å².